The van der Waals surface area contributed by atoms with Crippen molar-refractivity contribution in [3.63, 3.8) is 0 Å². The van der Waals surface area contributed by atoms with Crippen molar-refractivity contribution in [3.8, 4) is 0 Å². The number of morpholine rings is 1. The summed E-state index contributed by atoms with van der Waals surface area (Å²) in [5, 5.41) is 10.5. The minimum atomic E-state index is -5.08. The summed E-state index contributed by atoms with van der Waals surface area (Å²) in [5.74, 6) is -2.76. The monoisotopic (exact) mass is 255 g/mol. The molecular formula is C10H16F3NO3. The van der Waals surface area contributed by atoms with Crippen LogP contribution >= 0.6 is 0 Å². The molecule has 4 nitrogen and oxygen atoms in total. The summed E-state index contributed by atoms with van der Waals surface area (Å²) in [6, 6.07) is 0. The van der Waals surface area contributed by atoms with E-state index in [2.05, 4.69) is 18.8 Å². The fourth-order valence-electron chi connectivity index (χ4n) is 1.18. The third-order valence-electron chi connectivity index (χ3n) is 2.35. The third-order valence-corrected chi connectivity index (χ3v) is 2.35. The van der Waals surface area contributed by atoms with E-state index in [1.807, 2.05) is 6.08 Å². The number of carbonyl (C=O) groups is 1. The molecule has 0 saturated carbocycles. The Morgan fingerprint density at radius 3 is 2.35 bits per heavy atom. The predicted octanol–water partition coefficient (Wildman–Crippen LogP) is 1.57. The molecule has 0 radical (unpaired) electrons. The van der Waals surface area contributed by atoms with Gasteiger partial charge in [0.1, 0.15) is 0 Å². The number of carboxylic acids is 1. The maximum Gasteiger partial charge on any atom is 0.490 e. The van der Waals surface area contributed by atoms with Crippen molar-refractivity contribution in [1.29, 1.82) is 0 Å². The molecule has 1 unspecified atom stereocenters. The van der Waals surface area contributed by atoms with Crippen molar-refractivity contribution in [3.05, 3.63) is 12.7 Å². The maximum absolute atomic E-state index is 10.6. The molecular weight excluding hydrogens is 239 g/mol. The fraction of sp³-hybridized carbons (Fsp3) is 0.700. The second-order valence-corrected chi connectivity index (χ2v) is 3.50. The zero-order valence-corrected chi connectivity index (χ0v) is 9.51. The summed E-state index contributed by atoms with van der Waals surface area (Å²) < 4.78 is 37.1. The lowest BCUT2D eigenvalue weighted by molar-refractivity contribution is -0.192. The molecule has 0 aromatic heterocycles. The van der Waals surface area contributed by atoms with Crippen LogP contribution in [0.3, 0.4) is 0 Å². The van der Waals surface area contributed by atoms with Crippen LogP contribution in [0, 0.1) is 0 Å². The summed E-state index contributed by atoms with van der Waals surface area (Å²) in [4.78, 5) is 8.90. The van der Waals surface area contributed by atoms with Crippen molar-refractivity contribution in [1.82, 2.24) is 5.32 Å². The van der Waals surface area contributed by atoms with Crippen molar-refractivity contribution in [2.24, 2.45) is 0 Å². The van der Waals surface area contributed by atoms with E-state index in [1.165, 1.54) is 0 Å². The molecule has 1 heterocycles. The molecule has 2 N–H and O–H groups in total. The molecule has 0 spiro atoms. The Labute approximate surface area is 97.4 Å². The van der Waals surface area contributed by atoms with E-state index in [-0.39, 0.29) is 5.54 Å². The zero-order chi connectivity index (χ0) is 13.5. The number of rotatable bonds is 2. The van der Waals surface area contributed by atoms with Gasteiger partial charge in [0.05, 0.1) is 18.8 Å². The number of hydrogen-bond donors (Lipinski definition) is 2. The van der Waals surface area contributed by atoms with Gasteiger partial charge in [-0.05, 0) is 6.42 Å². The van der Waals surface area contributed by atoms with Crippen LogP contribution in [0.1, 0.15) is 13.3 Å². The Hall–Kier alpha value is -1.08. The molecule has 0 aliphatic carbocycles. The van der Waals surface area contributed by atoms with Gasteiger partial charge in [0.2, 0.25) is 0 Å². The number of ether oxygens (including phenoxy) is 1. The van der Waals surface area contributed by atoms with Gasteiger partial charge in [-0.15, -0.1) is 6.58 Å². The lowest BCUT2D eigenvalue weighted by atomic mass is 9.96. The van der Waals surface area contributed by atoms with Gasteiger partial charge in [-0.25, -0.2) is 4.79 Å². The number of halogens is 3. The number of hydrogen-bond acceptors (Lipinski definition) is 3. The Balaban J connectivity index is 0.000000325. The molecule has 1 rings (SSSR count). The highest BCUT2D eigenvalue weighted by Crippen LogP contribution is 2.14. The van der Waals surface area contributed by atoms with Crippen molar-refractivity contribution >= 4 is 5.97 Å². The summed E-state index contributed by atoms with van der Waals surface area (Å²) >= 11 is 0. The first-order valence-corrected chi connectivity index (χ1v) is 5.04. The number of aliphatic carboxylic acids is 1. The molecule has 1 fully saturated rings. The standard InChI is InChI=1S/C8H15NO.C2HF3O2/c1-3-8(4-2)7-10-6-5-9-8;3-2(4,5)1(6)7/h3,9H,1,4-7H2,2H3;(H,6,7). The first-order valence-electron chi connectivity index (χ1n) is 5.04. The summed E-state index contributed by atoms with van der Waals surface area (Å²) in [7, 11) is 0. The highest BCUT2D eigenvalue weighted by molar-refractivity contribution is 5.73. The Bertz CT molecular complexity index is 260. The Morgan fingerprint density at radius 2 is 2.18 bits per heavy atom. The number of alkyl halides is 3. The van der Waals surface area contributed by atoms with Gasteiger partial charge in [0, 0.05) is 6.54 Å². The van der Waals surface area contributed by atoms with E-state index in [4.69, 9.17) is 14.6 Å². The van der Waals surface area contributed by atoms with Crippen LogP contribution in [0.2, 0.25) is 0 Å². The molecule has 0 aromatic rings. The van der Waals surface area contributed by atoms with Crippen LogP contribution in [-0.4, -0.2) is 42.5 Å². The quantitative estimate of drug-likeness (QED) is 0.735. The molecule has 0 aromatic carbocycles. The smallest absolute Gasteiger partial charge is 0.475 e. The van der Waals surface area contributed by atoms with E-state index in [0.717, 1.165) is 26.2 Å². The predicted molar refractivity (Wildman–Crippen MR) is 55.7 cm³/mol. The van der Waals surface area contributed by atoms with Crippen molar-refractivity contribution in [2.75, 3.05) is 19.8 Å². The van der Waals surface area contributed by atoms with Gasteiger partial charge < -0.3 is 15.2 Å². The van der Waals surface area contributed by atoms with Crippen LogP contribution in [0.25, 0.3) is 0 Å². The van der Waals surface area contributed by atoms with E-state index in [0.29, 0.717) is 0 Å². The third kappa shape index (κ3) is 5.69. The SMILES string of the molecule is C=CC1(CC)COCCN1.O=C(O)C(F)(F)F. The molecule has 0 bridgehead atoms. The van der Waals surface area contributed by atoms with Gasteiger partial charge in [-0.3, -0.25) is 0 Å². The number of carboxylic acid groups (broad SMARTS) is 1. The van der Waals surface area contributed by atoms with E-state index in [9.17, 15) is 13.2 Å². The molecule has 17 heavy (non-hydrogen) atoms. The maximum atomic E-state index is 10.6. The van der Waals surface area contributed by atoms with Gasteiger partial charge in [0.25, 0.3) is 0 Å². The fourth-order valence-corrected chi connectivity index (χ4v) is 1.18. The van der Waals surface area contributed by atoms with E-state index >= 15 is 0 Å². The minimum absolute atomic E-state index is 0.0538. The molecule has 1 atom stereocenters. The second kappa shape index (κ2) is 6.61. The molecule has 0 amide bonds. The summed E-state index contributed by atoms with van der Waals surface area (Å²) in [6.45, 7) is 8.47. The van der Waals surface area contributed by atoms with Crippen molar-refractivity contribution in [2.45, 2.75) is 25.1 Å². The van der Waals surface area contributed by atoms with Crippen molar-refractivity contribution < 1.29 is 27.8 Å². The summed E-state index contributed by atoms with van der Waals surface area (Å²) in [6.07, 6.45) is -2.08. The summed E-state index contributed by atoms with van der Waals surface area (Å²) in [5.41, 5.74) is 0.0538. The van der Waals surface area contributed by atoms with Gasteiger partial charge in [0.15, 0.2) is 0 Å². The zero-order valence-electron chi connectivity index (χ0n) is 9.51. The topological polar surface area (TPSA) is 58.6 Å². The first-order chi connectivity index (χ1) is 7.77. The van der Waals surface area contributed by atoms with Crippen LogP contribution in [0.4, 0.5) is 13.2 Å². The van der Waals surface area contributed by atoms with Gasteiger partial charge >= 0.3 is 12.1 Å². The normalized spacial score (nSPS) is 24.5. The van der Waals surface area contributed by atoms with Crippen LogP contribution < -0.4 is 5.32 Å². The average molecular weight is 255 g/mol. The Morgan fingerprint density at radius 1 is 1.65 bits per heavy atom. The molecule has 1 saturated heterocycles. The van der Waals surface area contributed by atoms with Crippen LogP contribution in [0.15, 0.2) is 12.7 Å². The molecule has 7 heteroatoms. The highest BCUT2D eigenvalue weighted by Gasteiger charge is 2.38. The lowest BCUT2D eigenvalue weighted by Crippen LogP contribution is -2.52. The Kier molecular flexibility index (Phi) is 6.19. The molecule has 1 aliphatic rings. The van der Waals surface area contributed by atoms with Gasteiger partial charge in [-0.1, -0.05) is 13.0 Å². The minimum Gasteiger partial charge on any atom is -0.475 e. The van der Waals surface area contributed by atoms with Crippen LogP contribution in [0.5, 0.6) is 0 Å². The highest BCUT2D eigenvalue weighted by atomic mass is 19.4. The van der Waals surface area contributed by atoms with Crippen LogP contribution in [-0.2, 0) is 9.53 Å². The lowest BCUT2D eigenvalue weighted by Gasteiger charge is -2.34. The van der Waals surface area contributed by atoms with E-state index < -0.39 is 12.1 Å². The largest absolute Gasteiger partial charge is 0.490 e. The van der Waals surface area contributed by atoms with E-state index in [1.54, 1.807) is 0 Å². The molecule has 1 aliphatic heterocycles. The number of nitrogens with one attached hydrogen (secondary N) is 1. The van der Waals surface area contributed by atoms with Gasteiger partial charge in [-0.2, -0.15) is 13.2 Å². The average Bonchev–Trinajstić information content (AvgIpc) is 2.29. The molecule has 100 valence electrons. The second-order valence-electron chi connectivity index (χ2n) is 3.50. The first kappa shape index (κ1) is 15.9.